The molecule has 0 spiro atoms. The predicted molar refractivity (Wildman–Crippen MR) is 116 cm³/mol. The lowest BCUT2D eigenvalue weighted by molar-refractivity contribution is 0.121. The first-order valence-electron chi connectivity index (χ1n) is 10.1. The summed E-state index contributed by atoms with van der Waals surface area (Å²) in [4.78, 5) is 13.4. The molecule has 0 radical (unpaired) electrons. The highest BCUT2D eigenvalue weighted by Crippen LogP contribution is 2.24. The Morgan fingerprint density at radius 1 is 0.867 bits per heavy atom. The van der Waals surface area contributed by atoms with Gasteiger partial charge in [-0.2, -0.15) is 0 Å². The van der Waals surface area contributed by atoms with E-state index >= 15 is 0 Å². The van der Waals surface area contributed by atoms with Gasteiger partial charge in [0.25, 0.3) is 0 Å². The lowest BCUT2D eigenvalue weighted by Crippen LogP contribution is -2.45. The molecule has 1 aliphatic heterocycles. The molecule has 0 unspecified atom stereocenters. The van der Waals surface area contributed by atoms with Crippen molar-refractivity contribution in [1.82, 2.24) is 19.8 Å². The number of rotatable bonds is 6. The van der Waals surface area contributed by atoms with Crippen LogP contribution in [0.25, 0.3) is 0 Å². The summed E-state index contributed by atoms with van der Waals surface area (Å²) in [6, 6.07) is 14.7. The van der Waals surface area contributed by atoms with E-state index in [-0.39, 0.29) is 9.92 Å². The smallest absolute Gasteiger partial charge is 0.224 e. The summed E-state index contributed by atoms with van der Waals surface area (Å²) >= 11 is 0. The zero-order chi connectivity index (χ0) is 21.0. The summed E-state index contributed by atoms with van der Waals surface area (Å²) in [5.41, 5.74) is 2.99. The largest absolute Gasteiger partial charge is 0.296 e. The van der Waals surface area contributed by atoms with Crippen molar-refractivity contribution in [3.63, 3.8) is 0 Å². The number of nitrogens with zero attached hydrogens (tertiary/aromatic N) is 4. The summed E-state index contributed by atoms with van der Waals surface area (Å²) in [5.74, 6) is 0. The van der Waals surface area contributed by atoms with Gasteiger partial charge in [-0.1, -0.05) is 29.8 Å². The highest BCUT2D eigenvalue weighted by atomic mass is 32.2. The Labute approximate surface area is 178 Å². The molecule has 1 aliphatic rings. The van der Waals surface area contributed by atoms with E-state index in [0.29, 0.717) is 6.54 Å². The van der Waals surface area contributed by atoms with Crippen LogP contribution in [0.15, 0.2) is 77.0 Å². The monoisotopic (exact) mass is 422 g/mol. The van der Waals surface area contributed by atoms with E-state index in [9.17, 15) is 8.42 Å². The van der Waals surface area contributed by atoms with E-state index in [1.807, 2.05) is 43.5 Å². The average Bonchev–Trinajstić information content (AvgIpc) is 2.76. The van der Waals surface area contributed by atoms with Crippen molar-refractivity contribution in [2.75, 3.05) is 26.2 Å². The van der Waals surface area contributed by atoms with Crippen molar-refractivity contribution >= 4 is 9.84 Å². The maximum Gasteiger partial charge on any atom is 0.224 e. The van der Waals surface area contributed by atoms with Crippen molar-refractivity contribution < 1.29 is 8.42 Å². The van der Waals surface area contributed by atoms with E-state index < -0.39 is 9.84 Å². The number of benzene rings is 1. The maximum absolute atomic E-state index is 13.2. The van der Waals surface area contributed by atoms with Crippen LogP contribution in [-0.4, -0.2) is 54.4 Å². The Morgan fingerprint density at radius 2 is 1.53 bits per heavy atom. The molecular formula is C23H26N4O2S. The lowest BCUT2D eigenvalue weighted by atomic mass is 10.2. The second-order valence-electron chi connectivity index (χ2n) is 7.70. The number of sulfone groups is 1. The third-order valence-corrected chi connectivity index (χ3v) is 7.19. The van der Waals surface area contributed by atoms with Crippen LogP contribution >= 0.6 is 0 Å². The highest BCUT2D eigenvalue weighted by molar-refractivity contribution is 7.91. The van der Waals surface area contributed by atoms with Gasteiger partial charge in [-0.05, 0) is 36.8 Å². The van der Waals surface area contributed by atoms with Crippen LogP contribution in [0.5, 0.6) is 0 Å². The van der Waals surface area contributed by atoms with Gasteiger partial charge >= 0.3 is 0 Å². The fraction of sp³-hybridized carbons (Fsp3) is 0.304. The fourth-order valence-corrected chi connectivity index (χ4v) is 5.11. The van der Waals surface area contributed by atoms with Crippen molar-refractivity contribution in [2.24, 2.45) is 0 Å². The molecule has 0 saturated carbocycles. The average molecular weight is 423 g/mol. The Kier molecular flexibility index (Phi) is 6.22. The number of piperazine rings is 1. The highest BCUT2D eigenvalue weighted by Gasteiger charge is 2.25. The number of aryl methyl sites for hydroxylation is 1. The normalized spacial score (nSPS) is 15.9. The fourth-order valence-electron chi connectivity index (χ4n) is 3.71. The molecule has 4 rings (SSSR count). The van der Waals surface area contributed by atoms with Crippen LogP contribution in [0.2, 0.25) is 0 Å². The molecule has 1 fully saturated rings. The van der Waals surface area contributed by atoms with Crippen LogP contribution in [0, 0.1) is 6.92 Å². The van der Waals surface area contributed by atoms with Crippen LogP contribution < -0.4 is 0 Å². The molecule has 1 saturated heterocycles. The second kappa shape index (κ2) is 9.04. The first-order chi connectivity index (χ1) is 14.5. The Morgan fingerprint density at radius 3 is 2.20 bits per heavy atom. The van der Waals surface area contributed by atoms with E-state index in [1.54, 1.807) is 24.5 Å². The van der Waals surface area contributed by atoms with Gasteiger partial charge in [0.15, 0.2) is 5.03 Å². The number of pyridine rings is 2. The van der Waals surface area contributed by atoms with Gasteiger partial charge in [0.05, 0.1) is 4.90 Å². The second-order valence-corrected chi connectivity index (χ2v) is 9.56. The topological polar surface area (TPSA) is 66.4 Å². The van der Waals surface area contributed by atoms with Gasteiger partial charge < -0.3 is 0 Å². The lowest BCUT2D eigenvalue weighted by Gasteiger charge is -2.34. The molecule has 156 valence electrons. The number of aromatic nitrogens is 2. The van der Waals surface area contributed by atoms with Crippen molar-refractivity contribution in [1.29, 1.82) is 0 Å². The minimum absolute atomic E-state index is 0.159. The van der Waals surface area contributed by atoms with Crippen LogP contribution in [-0.2, 0) is 22.9 Å². The number of hydrogen-bond donors (Lipinski definition) is 0. The quantitative estimate of drug-likeness (QED) is 0.609. The Bertz CT molecular complexity index is 1080. The maximum atomic E-state index is 13.2. The Balaban J connectivity index is 1.44. The molecule has 3 heterocycles. The van der Waals surface area contributed by atoms with Gasteiger partial charge in [-0.15, -0.1) is 0 Å². The first kappa shape index (κ1) is 20.7. The van der Waals surface area contributed by atoms with Crippen LogP contribution in [0.3, 0.4) is 0 Å². The van der Waals surface area contributed by atoms with Gasteiger partial charge in [0.2, 0.25) is 9.84 Å². The van der Waals surface area contributed by atoms with Gasteiger partial charge in [0.1, 0.15) is 0 Å². The zero-order valence-electron chi connectivity index (χ0n) is 17.1. The SMILES string of the molecule is Cc1ccc(S(=O)(=O)c2ncccc2CN2CCN(Cc3cccnc3)CC2)cc1. The summed E-state index contributed by atoms with van der Waals surface area (Å²) in [6.07, 6.45) is 5.25. The third-order valence-electron chi connectivity index (χ3n) is 5.42. The van der Waals surface area contributed by atoms with Gasteiger partial charge in [-0.25, -0.2) is 13.4 Å². The molecule has 0 amide bonds. The molecule has 3 aromatic rings. The summed E-state index contributed by atoms with van der Waals surface area (Å²) < 4.78 is 26.3. The number of hydrogen-bond acceptors (Lipinski definition) is 6. The minimum Gasteiger partial charge on any atom is -0.296 e. The summed E-state index contributed by atoms with van der Waals surface area (Å²) in [7, 11) is -3.64. The van der Waals surface area contributed by atoms with E-state index in [0.717, 1.165) is 43.9 Å². The van der Waals surface area contributed by atoms with Gasteiger partial charge in [0, 0.05) is 63.4 Å². The molecule has 1 aromatic carbocycles. The molecule has 7 heteroatoms. The Hall–Kier alpha value is -2.61. The predicted octanol–water partition coefficient (Wildman–Crippen LogP) is 2.94. The molecule has 6 nitrogen and oxygen atoms in total. The minimum atomic E-state index is -3.64. The molecule has 0 atom stereocenters. The van der Waals surface area contributed by atoms with Crippen LogP contribution in [0.4, 0.5) is 0 Å². The van der Waals surface area contributed by atoms with E-state index in [2.05, 4.69) is 25.8 Å². The third kappa shape index (κ3) is 4.75. The van der Waals surface area contributed by atoms with E-state index in [1.165, 1.54) is 5.56 Å². The summed E-state index contributed by atoms with van der Waals surface area (Å²) in [5, 5.41) is 0.159. The molecular weight excluding hydrogens is 396 g/mol. The van der Waals surface area contributed by atoms with Crippen molar-refractivity contribution in [3.8, 4) is 0 Å². The molecule has 0 bridgehead atoms. The molecule has 2 aromatic heterocycles. The van der Waals surface area contributed by atoms with Gasteiger partial charge in [-0.3, -0.25) is 14.8 Å². The zero-order valence-corrected chi connectivity index (χ0v) is 17.9. The molecule has 30 heavy (non-hydrogen) atoms. The van der Waals surface area contributed by atoms with Crippen molar-refractivity contribution in [2.45, 2.75) is 29.9 Å². The van der Waals surface area contributed by atoms with Crippen LogP contribution in [0.1, 0.15) is 16.7 Å². The first-order valence-corrected chi connectivity index (χ1v) is 11.6. The standard InChI is InChI=1S/C23H26N4O2S/c1-19-6-8-22(9-7-19)30(28,29)23-21(5-3-11-25-23)18-27-14-12-26(13-15-27)17-20-4-2-10-24-16-20/h2-11,16H,12-15,17-18H2,1H3. The van der Waals surface area contributed by atoms with E-state index in [4.69, 9.17) is 0 Å². The summed E-state index contributed by atoms with van der Waals surface area (Å²) in [6.45, 7) is 7.07. The molecule has 0 aliphatic carbocycles. The van der Waals surface area contributed by atoms with Crippen molar-refractivity contribution in [3.05, 3.63) is 83.8 Å². The molecule has 0 N–H and O–H groups in total.